The van der Waals surface area contributed by atoms with Crippen molar-refractivity contribution >= 4 is 34.2 Å². The number of fused-ring (bicyclic) bond motifs is 3. The molecule has 118 valence electrons. The molecule has 0 amide bonds. The Kier molecular flexibility index (Phi) is 3.31. The molecule has 24 heavy (non-hydrogen) atoms. The van der Waals surface area contributed by atoms with E-state index in [2.05, 4.69) is 20.5 Å². The maximum Gasteiger partial charge on any atom is 0.307 e. The molecular weight excluding hydrogens is 306 g/mol. The van der Waals surface area contributed by atoms with Crippen LogP contribution in [0.2, 0.25) is 0 Å². The third-order valence-electron chi connectivity index (χ3n) is 3.71. The van der Waals surface area contributed by atoms with Crippen LogP contribution in [0.3, 0.4) is 0 Å². The number of anilines is 2. The second-order valence-electron chi connectivity index (χ2n) is 5.37. The Labute approximate surface area is 136 Å². The van der Waals surface area contributed by atoms with Gasteiger partial charge in [0.2, 0.25) is 5.65 Å². The lowest BCUT2D eigenvalue weighted by Gasteiger charge is -2.09. The summed E-state index contributed by atoms with van der Waals surface area (Å²) in [5.74, 6) is -0.255. The van der Waals surface area contributed by atoms with E-state index in [1.54, 1.807) is 18.5 Å². The van der Waals surface area contributed by atoms with E-state index in [0.717, 1.165) is 22.3 Å². The Morgan fingerprint density at radius 3 is 2.71 bits per heavy atom. The highest BCUT2D eigenvalue weighted by atomic mass is 16.4. The van der Waals surface area contributed by atoms with Crippen molar-refractivity contribution in [3.8, 4) is 0 Å². The van der Waals surface area contributed by atoms with Crippen molar-refractivity contribution in [2.45, 2.75) is 6.42 Å². The van der Waals surface area contributed by atoms with Gasteiger partial charge in [-0.25, -0.2) is 4.98 Å². The van der Waals surface area contributed by atoms with Crippen molar-refractivity contribution in [3.63, 3.8) is 0 Å². The average Bonchev–Trinajstić information content (AvgIpc) is 3.06. The van der Waals surface area contributed by atoms with Gasteiger partial charge in [0.25, 0.3) is 0 Å². The molecule has 2 aromatic heterocycles. The Balaban J connectivity index is 1.73. The van der Waals surface area contributed by atoms with Gasteiger partial charge >= 0.3 is 5.97 Å². The van der Waals surface area contributed by atoms with E-state index in [1.807, 2.05) is 40.8 Å². The highest BCUT2D eigenvalue weighted by Gasteiger charge is 2.10. The second kappa shape index (κ2) is 5.62. The van der Waals surface area contributed by atoms with Gasteiger partial charge in [-0.1, -0.05) is 24.3 Å². The first-order valence-electron chi connectivity index (χ1n) is 7.37. The number of nitrogens with one attached hydrogen (secondary N) is 1. The maximum atomic E-state index is 10.7. The average molecular weight is 319 g/mol. The molecule has 7 heteroatoms. The number of nitrogens with zero attached hydrogens (tertiary/aromatic N) is 4. The van der Waals surface area contributed by atoms with Crippen LogP contribution < -0.4 is 5.32 Å². The minimum atomic E-state index is -0.850. The molecule has 0 saturated heterocycles. The van der Waals surface area contributed by atoms with Gasteiger partial charge in [0.1, 0.15) is 6.33 Å². The van der Waals surface area contributed by atoms with E-state index in [-0.39, 0.29) is 6.42 Å². The number of aromatic nitrogens is 4. The van der Waals surface area contributed by atoms with E-state index in [1.165, 1.54) is 0 Å². The summed E-state index contributed by atoms with van der Waals surface area (Å²) in [5.41, 5.74) is 3.93. The summed E-state index contributed by atoms with van der Waals surface area (Å²) < 4.78 is 1.88. The molecule has 0 fully saturated rings. The summed E-state index contributed by atoms with van der Waals surface area (Å²) in [5, 5.41) is 20.1. The first kappa shape index (κ1) is 14.1. The van der Waals surface area contributed by atoms with Crippen molar-refractivity contribution < 1.29 is 9.90 Å². The molecule has 0 radical (unpaired) electrons. The number of hydrogen-bond donors (Lipinski definition) is 2. The Morgan fingerprint density at radius 2 is 1.92 bits per heavy atom. The minimum absolute atomic E-state index is 0.00290. The van der Waals surface area contributed by atoms with Crippen LogP contribution in [0.15, 0.2) is 54.9 Å². The topological polar surface area (TPSA) is 92.4 Å². The van der Waals surface area contributed by atoms with Gasteiger partial charge in [0.05, 0.1) is 17.5 Å². The van der Waals surface area contributed by atoms with Crippen molar-refractivity contribution in [3.05, 3.63) is 60.4 Å². The molecule has 0 aliphatic heterocycles. The number of carbonyl (C=O) groups is 1. The maximum absolute atomic E-state index is 10.7. The number of carboxylic acids is 1. The fourth-order valence-corrected chi connectivity index (χ4v) is 2.61. The first-order chi connectivity index (χ1) is 11.7. The highest BCUT2D eigenvalue weighted by Crippen LogP contribution is 2.23. The van der Waals surface area contributed by atoms with Crippen molar-refractivity contribution in [2.75, 3.05) is 5.32 Å². The molecule has 7 nitrogen and oxygen atoms in total. The fourth-order valence-electron chi connectivity index (χ4n) is 2.61. The van der Waals surface area contributed by atoms with E-state index in [4.69, 9.17) is 5.11 Å². The molecule has 0 unspecified atom stereocenters. The van der Waals surface area contributed by atoms with Gasteiger partial charge in [0.15, 0.2) is 5.82 Å². The summed E-state index contributed by atoms with van der Waals surface area (Å²) in [6.45, 7) is 0. The predicted octanol–water partition coefficient (Wildman–Crippen LogP) is 2.65. The van der Waals surface area contributed by atoms with Crippen molar-refractivity contribution in [1.29, 1.82) is 0 Å². The molecule has 2 aromatic carbocycles. The summed E-state index contributed by atoms with van der Waals surface area (Å²) in [4.78, 5) is 15.4. The number of hydrogen-bond acceptors (Lipinski definition) is 5. The molecular formula is C17H13N5O2. The molecule has 4 rings (SSSR count). The first-order valence-corrected chi connectivity index (χ1v) is 7.37. The van der Waals surface area contributed by atoms with Crippen LogP contribution in [0.4, 0.5) is 11.5 Å². The molecule has 0 saturated carbocycles. The number of para-hydroxylation sites is 2. The largest absolute Gasteiger partial charge is 0.481 e. The van der Waals surface area contributed by atoms with Gasteiger partial charge < -0.3 is 10.4 Å². The molecule has 0 atom stereocenters. The zero-order valence-electron chi connectivity index (χ0n) is 12.5. The second-order valence-corrected chi connectivity index (χ2v) is 5.37. The Morgan fingerprint density at radius 1 is 1.12 bits per heavy atom. The van der Waals surface area contributed by atoms with Gasteiger partial charge in [-0.2, -0.15) is 0 Å². The number of aliphatic carboxylic acids is 1. The molecule has 2 N–H and O–H groups in total. The lowest BCUT2D eigenvalue weighted by atomic mass is 10.1. The monoisotopic (exact) mass is 319 g/mol. The van der Waals surface area contributed by atoms with Crippen LogP contribution in [0.1, 0.15) is 5.56 Å². The van der Waals surface area contributed by atoms with Gasteiger partial charge in [-0.3, -0.25) is 9.20 Å². The molecule has 0 aliphatic rings. The summed E-state index contributed by atoms with van der Waals surface area (Å²) in [6.07, 6.45) is 1.66. The third kappa shape index (κ3) is 2.52. The zero-order chi connectivity index (χ0) is 16.5. The van der Waals surface area contributed by atoms with Crippen LogP contribution in [-0.2, 0) is 11.2 Å². The lowest BCUT2D eigenvalue weighted by molar-refractivity contribution is -0.136. The molecule has 0 spiro atoms. The molecule has 0 bridgehead atoms. The number of carboxylic acid groups (broad SMARTS) is 1. The number of rotatable bonds is 4. The lowest BCUT2D eigenvalue weighted by Crippen LogP contribution is -2.01. The van der Waals surface area contributed by atoms with Gasteiger partial charge in [-0.05, 0) is 29.8 Å². The standard InChI is InChI=1S/C17H13N5O2/c23-15(24)9-11-5-7-12(8-6-11)19-16-17-21-18-10-22(17)14-4-2-1-3-13(14)20-16/h1-8,10H,9H2,(H,19,20)(H,23,24). The predicted molar refractivity (Wildman–Crippen MR) is 89.4 cm³/mol. The molecule has 4 aromatic rings. The van der Waals surface area contributed by atoms with Crippen LogP contribution in [0.25, 0.3) is 16.7 Å². The van der Waals surface area contributed by atoms with Crippen LogP contribution in [0, 0.1) is 0 Å². The van der Waals surface area contributed by atoms with E-state index < -0.39 is 5.97 Å². The Bertz CT molecular complexity index is 1040. The number of benzene rings is 2. The summed E-state index contributed by atoms with van der Waals surface area (Å²) in [6, 6.07) is 15.0. The van der Waals surface area contributed by atoms with Crippen LogP contribution in [0.5, 0.6) is 0 Å². The molecule has 0 aliphatic carbocycles. The third-order valence-corrected chi connectivity index (χ3v) is 3.71. The smallest absolute Gasteiger partial charge is 0.307 e. The highest BCUT2D eigenvalue weighted by molar-refractivity contribution is 5.84. The normalized spacial score (nSPS) is 11.0. The van der Waals surface area contributed by atoms with Crippen molar-refractivity contribution in [2.24, 2.45) is 0 Å². The van der Waals surface area contributed by atoms with Gasteiger partial charge in [-0.15, -0.1) is 10.2 Å². The van der Waals surface area contributed by atoms with E-state index >= 15 is 0 Å². The zero-order valence-corrected chi connectivity index (χ0v) is 12.5. The van der Waals surface area contributed by atoms with Crippen LogP contribution >= 0.6 is 0 Å². The SMILES string of the molecule is O=C(O)Cc1ccc(Nc2nc3ccccc3n3cnnc23)cc1. The van der Waals surface area contributed by atoms with Crippen molar-refractivity contribution in [1.82, 2.24) is 19.6 Å². The molecule has 2 heterocycles. The minimum Gasteiger partial charge on any atom is -0.481 e. The Hall–Kier alpha value is -3.48. The summed E-state index contributed by atoms with van der Waals surface area (Å²) >= 11 is 0. The van der Waals surface area contributed by atoms with E-state index in [0.29, 0.717) is 11.5 Å². The van der Waals surface area contributed by atoms with Gasteiger partial charge in [0, 0.05) is 5.69 Å². The summed E-state index contributed by atoms with van der Waals surface area (Å²) in [7, 11) is 0. The quantitative estimate of drug-likeness (QED) is 0.601. The van der Waals surface area contributed by atoms with Crippen LogP contribution in [-0.4, -0.2) is 30.7 Å². The fraction of sp³-hybridized carbons (Fsp3) is 0.0588. The van der Waals surface area contributed by atoms with E-state index in [9.17, 15) is 4.79 Å².